The lowest BCUT2D eigenvalue weighted by Crippen LogP contribution is -2.45. The molecule has 0 radical (unpaired) electrons. The Morgan fingerprint density at radius 1 is 0.346 bits per heavy atom. The van der Waals surface area contributed by atoms with E-state index in [9.17, 15) is 19.8 Å². The fourth-order valence-electron chi connectivity index (χ4n) is 11.3. The average Bonchev–Trinajstić information content (AvgIpc) is 3.44. The third-order valence-corrected chi connectivity index (χ3v) is 16.7. The van der Waals surface area contributed by atoms with Gasteiger partial charge in [0, 0.05) is 12.8 Å². The Balaban J connectivity index is 3.31. The van der Waals surface area contributed by atoms with E-state index < -0.39 is 12.1 Å². The lowest BCUT2D eigenvalue weighted by atomic mass is 10.0. The van der Waals surface area contributed by atoms with Gasteiger partial charge in [0.1, 0.15) is 0 Å². The zero-order valence-corrected chi connectivity index (χ0v) is 52.9. The summed E-state index contributed by atoms with van der Waals surface area (Å²) in [5.74, 6) is -0.0430. The zero-order valence-electron chi connectivity index (χ0n) is 52.9. The maximum atomic E-state index is 12.5. The largest absolute Gasteiger partial charge is 0.466 e. The van der Waals surface area contributed by atoms with Gasteiger partial charge in [0.05, 0.1) is 25.4 Å². The van der Waals surface area contributed by atoms with Gasteiger partial charge in [0.15, 0.2) is 0 Å². The second-order valence-corrected chi connectivity index (χ2v) is 24.6. The van der Waals surface area contributed by atoms with Crippen LogP contribution in [0.1, 0.15) is 399 Å². The number of hydrogen-bond donors (Lipinski definition) is 3. The van der Waals surface area contributed by atoms with E-state index in [1.807, 2.05) is 6.08 Å². The molecule has 0 aromatic carbocycles. The first-order chi connectivity index (χ1) is 38.5. The smallest absolute Gasteiger partial charge is 0.305 e. The van der Waals surface area contributed by atoms with Crippen LogP contribution >= 0.6 is 0 Å². The lowest BCUT2D eigenvalue weighted by molar-refractivity contribution is -0.143. The molecule has 0 aromatic heterocycles. The third-order valence-electron chi connectivity index (χ3n) is 16.7. The SMILES string of the molecule is CCCCCCCC/C=C\CCCCCCCCCCCC(=O)OCCCCCCCCCCCCCCCCCCCCCCCCCCCCCCCCC(=O)NC(CO)C(O)/C=C/CCCCCCCCCCCC. The summed E-state index contributed by atoms with van der Waals surface area (Å²) in [6.07, 6.45) is 85.6. The highest BCUT2D eigenvalue weighted by Crippen LogP contribution is 2.19. The Labute approximate surface area is 488 Å². The highest BCUT2D eigenvalue weighted by molar-refractivity contribution is 5.76. The van der Waals surface area contributed by atoms with Crippen molar-refractivity contribution in [3.05, 3.63) is 24.3 Å². The molecule has 3 N–H and O–H groups in total. The van der Waals surface area contributed by atoms with Crippen molar-refractivity contribution in [1.82, 2.24) is 5.32 Å². The molecule has 2 atom stereocenters. The zero-order chi connectivity index (χ0) is 56.4. The Hall–Kier alpha value is -1.66. The molecule has 6 nitrogen and oxygen atoms in total. The van der Waals surface area contributed by atoms with Crippen molar-refractivity contribution in [1.29, 1.82) is 0 Å². The van der Waals surface area contributed by atoms with Crippen molar-refractivity contribution in [3.63, 3.8) is 0 Å². The molecule has 78 heavy (non-hydrogen) atoms. The molecule has 0 bridgehead atoms. The van der Waals surface area contributed by atoms with Crippen LogP contribution in [0.3, 0.4) is 0 Å². The predicted octanol–water partition coefficient (Wildman–Crippen LogP) is 22.9. The molecule has 6 heteroatoms. The Morgan fingerprint density at radius 3 is 0.910 bits per heavy atom. The molecule has 0 spiro atoms. The summed E-state index contributed by atoms with van der Waals surface area (Å²) >= 11 is 0. The van der Waals surface area contributed by atoms with Crippen LogP contribution in [0.2, 0.25) is 0 Å². The van der Waals surface area contributed by atoms with Gasteiger partial charge in [-0.15, -0.1) is 0 Å². The number of aliphatic hydroxyl groups excluding tert-OH is 2. The van der Waals surface area contributed by atoms with E-state index in [2.05, 4.69) is 31.3 Å². The number of ether oxygens (including phenoxy) is 1. The van der Waals surface area contributed by atoms with E-state index in [1.54, 1.807) is 6.08 Å². The van der Waals surface area contributed by atoms with E-state index >= 15 is 0 Å². The first-order valence-corrected chi connectivity index (χ1v) is 35.6. The molecular weight excluding hydrogens is 959 g/mol. The number of allylic oxidation sites excluding steroid dienone is 3. The van der Waals surface area contributed by atoms with Gasteiger partial charge >= 0.3 is 5.97 Å². The normalized spacial score (nSPS) is 12.6. The van der Waals surface area contributed by atoms with Crippen molar-refractivity contribution >= 4 is 11.9 Å². The average molecular weight is 1100 g/mol. The first kappa shape index (κ1) is 76.3. The summed E-state index contributed by atoms with van der Waals surface area (Å²) in [6, 6.07) is -0.623. The predicted molar refractivity (Wildman–Crippen MR) is 343 cm³/mol. The molecule has 2 unspecified atom stereocenters. The summed E-state index contributed by atoms with van der Waals surface area (Å²) in [4.78, 5) is 24.6. The molecule has 0 saturated heterocycles. The molecule has 462 valence electrons. The maximum absolute atomic E-state index is 12.5. The number of nitrogens with one attached hydrogen (secondary N) is 1. The number of amides is 1. The van der Waals surface area contributed by atoms with E-state index in [0.717, 1.165) is 38.5 Å². The van der Waals surface area contributed by atoms with Crippen molar-refractivity contribution < 1.29 is 24.5 Å². The molecular formula is C72H139NO5. The minimum atomic E-state index is -0.840. The van der Waals surface area contributed by atoms with Gasteiger partial charge in [0.2, 0.25) is 5.91 Å². The van der Waals surface area contributed by atoms with Crippen LogP contribution in [0.15, 0.2) is 24.3 Å². The molecule has 0 aliphatic carbocycles. The monoisotopic (exact) mass is 1100 g/mol. The lowest BCUT2D eigenvalue weighted by Gasteiger charge is -2.20. The van der Waals surface area contributed by atoms with Crippen molar-refractivity contribution in [2.45, 2.75) is 411 Å². The standard InChI is InChI=1S/C72H139NO5/c1-3-5-7-9-11-13-15-17-18-19-32-36-39-42-46-50-54-58-62-66-72(77)78-67-63-59-55-51-47-43-40-37-34-31-29-27-25-23-21-20-22-24-26-28-30-33-35-38-41-45-49-53-57-61-65-71(76)73-69(68-74)70(75)64-60-56-52-48-44-16-14-12-10-8-6-4-2/h17-18,60,64,69-70,74-75H,3-16,19-59,61-63,65-68H2,1-2H3,(H,73,76)/b18-17-,64-60+. The number of unbranched alkanes of at least 4 members (excludes halogenated alkanes) is 54. The molecule has 0 rings (SSSR count). The van der Waals surface area contributed by atoms with Crippen LogP contribution < -0.4 is 5.32 Å². The van der Waals surface area contributed by atoms with Gasteiger partial charge in [-0.2, -0.15) is 0 Å². The minimum Gasteiger partial charge on any atom is -0.466 e. The molecule has 1 amide bonds. The fourth-order valence-corrected chi connectivity index (χ4v) is 11.3. The molecule has 0 fully saturated rings. The van der Waals surface area contributed by atoms with E-state index in [0.29, 0.717) is 19.4 Å². The van der Waals surface area contributed by atoms with Crippen LogP contribution in [0.25, 0.3) is 0 Å². The van der Waals surface area contributed by atoms with Gasteiger partial charge in [-0.3, -0.25) is 9.59 Å². The van der Waals surface area contributed by atoms with Gasteiger partial charge < -0.3 is 20.3 Å². The summed E-state index contributed by atoms with van der Waals surface area (Å²) in [7, 11) is 0. The molecule has 0 aliphatic rings. The maximum Gasteiger partial charge on any atom is 0.305 e. The highest BCUT2D eigenvalue weighted by Gasteiger charge is 2.18. The topological polar surface area (TPSA) is 95.9 Å². The van der Waals surface area contributed by atoms with Crippen LogP contribution in [0, 0.1) is 0 Å². The van der Waals surface area contributed by atoms with E-state index in [1.165, 1.54) is 334 Å². The molecule has 0 aromatic rings. The minimum absolute atomic E-state index is 0.0200. The number of aliphatic hydroxyl groups is 2. The van der Waals surface area contributed by atoms with Crippen LogP contribution in [0.5, 0.6) is 0 Å². The van der Waals surface area contributed by atoms with Gasteiger partial charge in [0.25, 0.3) is 0 Å². The number of carbonyl (C=O) groups is 2. The summed E-state index contributed by atoms with van der Waals surface area (Å²) in [6.45, 7) is 4.92. The summed E-state index contributed by atoms with van der Waals surface area (Å²) in [5, 5.41) is 23.1. The number of hydrogen-bond acceptors (Lipinski definition) is 5. The van der Waals surface area contributed by atoms with Crippen molar-refractivity contribution in [2.24, 2.45) is 0 Å². The Morgan fingerprint density at radius 2 is 0.603 bits per heavy atom. The van der Waals surface area contributed by atoms with E-state index in [4.69, 9.17) is 4.74 Å². The highest BCUT2D eigenvalue weighted by atomic mass is 16.5. The van der Waals surface area contributed by atoms with Gasteiger partial charge in [-0.25, -0.2) is 0 Å². The van der Waals surface area contributed by atoms with Crippen LogP contribution in [-0.4, -0.2) is 47.4 Å². The second-order valence-electron chi connectivity index (χ2n) is 24.6. The molecule has 0 aliphatic heterocycles. The molecule has 0 heterocycles. The number of carbonyl (C=O) groups excluding carboxylic acids is 2. The number of esters is 1. The van der Waals surface area contributed by atoms with Crippen molar-refractivity contribution in [3.8, 4) is 0 Å². The van der Waals surface area contributed by atoms with E-state index in [-0.39, 0.29) is 18.5 Å². The van der Waals surface area contributed by atoms with Crippen LogP contribution in [0.4, 0.5) is 0 Å². The van der Waals surface area contributed by atoms with Crippen molar-refractivity contribution in [2.75, 3.05) is 13.2 Å². The quantitative estimate of drug-likeness (QED) is 0.0320. The summed E-state index contributed by atoms with van der Waals surface area (Å²) < 4.78 is 5.51. The Bertz CT molecular complexity index is 1220. The van der Waals surface area contributed by atoms with Gasteiger partial charge in [-0.1, -0.05) is 353 Å². The third kappa shape index (κ3) is 63.5. The van der Waals surface area contributed by atoms with Crippen LogP contribution in [-0.2, 0) is 14.3 Å². The second kappa shape index (κ2) is 67.8. The fraction of sp³-hybridized carbons (Fsp3) is 0.917. The molecule has 0 saturated carbocycles. The summed E-state index contributed by atoms with van der Waals surface area (Å²) in [5.41, 5.74) is 0. The first-order valence-electron chi connectivity index (χ1n) is 35.6. The number of rotatable bonds is 67. The Kier molecular flexibility index (Phi) is 66.4. The van der Waals surface area contributed by atoms with Gasteiger partial charge in [-0.05, 0) is 57.8 Å².